The van der Waals surface area contributed by atoms with E-state index in [4.69, 9.17) is 15.9 Å². The molecule has 1 heterocycles. The molecule has 0 amide bonds. The quantitative estimate of drug-likeness (QED) is 0.560. The van der Waals surface area contributed by atoms with Crippen LogP contribution in [-0.4, -0.2) is 17.4 Å². The topological polar surface area (TPSA) is 72.0 Å². The van der Waals surface area contributed by atoms with E-state index in [9.17, 15) is 0 Å². The van der Waals surface area contributed by atoms with Gasteiger partial charge in [0.2, 0.25) is 5.88 Å². The minimum atomic E-state index is -0.0168. The van der Waals surface area contributed by atoms with Gasteiger partial charge in [-0.15, -0.1) is 0 Å². The molecule has 4 heteroatoms. The minimum absolute atomic E-state index is 0.0168. The van der Waals surface area contributed by atoms with Crippen molar-refractivity contribution in [2.24, 2.45) is 11.7 Å². The molecule has 0 aliphatic rings. The Morgan fingerprint density at radius 3 is 2.93 bits per heavy atom. The lowest BCUT2D eigenvalue weighted by atomic mass is 10.2. The number of nitrogen functional groups attached to an aromatic ring is 1. The summed E-state index contributed by atoms with van der Waals surface area (Å²) in [6.45, 7) is 4.68. The highest BCUT2D eigenvalue weighted by molar-refractivity contribution is 5.96. The molecule has 0 saturated heterocycles. The van der Waals surface area contributed by atoms with Crippen LogP contribution < -0.4 is 10.5 Å². The highest BCUT2D eigenvalue weighted by Gasteiger charge is 2.07. The summed E-state index contributed by atoms with van der Waals surface area (Å²) in [6, 6.07) is 3.46. The molecule has 14 heavy (non-hydrogen) atoms. The SMILES string of the molecule is CC(C)COc1ncccc1C(=N)N. The number of pyridine rings is 1. The fourth-order valence-electron chi connectivity index (χ4n) is 0.956. The largest absolute Gasteiger partial charge is 0.477 e. The molecule has 0 atom stereocenters. The Bertz CT molecular complexity index is 323. The zero-order valence-electron chi connectivity index (χ0n) is 8.45. The van der Waals surface area contributed by atoms with Gasteiger partial charge in [0, 0.05) is 6.20 Å². The summed E-state index contributed by atoms with van der Waals surface area (Å²) < 4.78 is 5.43. The molecular formula is C10H15N3O. The van der Waals surface area contributed by atoms with Crippen LogP contribution in [0, 0.1) is 11.3 Å². The Kier molecular flexibility index (Phi) is 3.45. The molecule has 76 valence electrons. The van der Waals surface area contributed by atoms with Gasteiger partial charge in [-0.1, -0.05) is 13.8 Å². The van der Waals surface area contributed by atoms with Crippen LogP contribution in [-0.2, 0) is 0 Å². The Morgan fingerprint density at radius 2 is 2.36 bits per heavy atom. The van der Waals surface area contributed by atoms with Crippen LogP contribution in [0.2, 0.25) is 0 Å². The lowest BCUT2D eigenvalue weighted by Gasteiger charge is -2.10. The van der Waals surface area contributed by atoms with Crippen LogP contribution in [0.1, 0.15) is 19.4 Å². The van der Waals surface area contributed by atoms with E-state index in [1.165, 1.54) is 0 Å². The van der Waals surface area contributed by atoms with E-state index in [0.717, 1.165) is 0 Å². The lowest BCUT2D eigenvalue weighted by molar-refractivity contribution is 0.261. The summed E-state index contributed by atoms with van der Waals surface area (Å²) in [5.41, 5.74) is 5.93. The molecular weight excluding hydrogens is 178 g/mol. The smallest absolute Gasteiger partial charge is 0.224 e. The molecule has 0 radical (unpaired) electrons. The van der Waals surface area contributed by atoms with Crippen LogP contribution >= 0.6 is 0 Å². The van der Waals surface area contributed by atoms with Gasteiger partial charge in [-0.2, -0.15) is 0 Å². The number of nitrogens with two attached hydrogens (primary N) is 1. The molecule has 0 unspecified atom stereocenters. The van der Waals surface area contributed by atoms with Crippen LogP contribution in [0.4, 0.5) is 0 Å². The molecule has 1 aromatic heterocycles. The first-order chi connectivity index (χ1) is 6.61. The summed E-state index contributed by atoms with van der Waals surface area (Å²) in [4.78, 5) is 4.03. The first-order valence-electron chi connectivity index (χ1n) is 4.53. The van der Waals surface area contributed by atoms with Gasteiger partial charge in [-0.3, -0.25) is 5.41 Å². The normalized spacial score (nSPS) is 10.2. The highest BCUT2D eigenvalue weighted by atomic mass is 16.5. The van der Waals surface area contributed by atoms with E-state index in [0.29, 0.717) is 24.0 Å². The number of rotatable bonds is 4. The van der Waals surface area contributed by atoms with Gasteiger partial charge in [-0.25, -0.2) is 4.98 Å². The molecule has 0 fully saturated rings. The van der Waals surface area contributed by atoms with Crippen molar-refractivity contribution in [3.05, 3.63) is 23.9 Å². The maximum absolute atomic E-state index is 7.32. The second kappa shape index (κ2) is 4.60. The number of amidine groups is 1. The number of hydrogen-bond acceptors (Lipinski definition) is 3. The van der Waals surface area contributed by atoms with Gasteiger partial charge >= 0.3 is 0 Å². The summed E-state index contributed by atoms with van der Waals surface area (Å²) in [5, 5.41) is 7.32. The van der Waals surface area contributed by atoms with Crippen molar-refractivity contribution < 1.29 is 4.74 Å². The predicted octanol–water partition coefficient (Wildman–Crippen LogP) is 1.40. The van der Waals surface area contributed by atoms with E-state index in [1.54, 1.807) is 18.3 Å². The van der Waals surface area contributed by atoms with Crippen LogP contribution in [0.5, 0.6) is 5.88 Å². The van der Waals surface area contributed by atoms with Gasteiger partial charge in [0.15, 0.2) is 0 Å². The first kappa shape index (κ1) is 10.5. The van der Waals surface area contributed by atoms with Crippen molar-refractivity contribution in [1.82, 2.24) is 4.98 Å². The van der Waals surface area contributed by atoms with Crippen molar-refractivity contribution in [2.75, 3.05) is 6.61 Å². The molecule has 0 saturated carbocycles. The maximum Gasteiger partial charge on any atom is 0.224 e. The molecule has 0 bridgehead atoms. The molecule has 1 aromatic rings. The van der Waals surface area contributed by atoms with E-state index in [2.05, 4.69) is 18.8 Å². The van der Waals surface area contributed by atoms with Gasteiger partial charge in [0.25, 0.3) is 0 Å². The molecule has 0 aliphatic heterocycles. The molecule has 0 spiro atoms. The van der Waals surface area contributed by atoms with Crippen molar-refractivity contribution in [3.8, 4) is 5.88 Å². The Balaban J connectivity index is 2.79. The number of aromatic nitrogens is 1. The Morgan fingerprint density at radius 1 is 1.64 bits per heavy atom. The van der Waals surface area contributed by atoms with Crippen LogP contribution in [0.15, 0.2) is 18.3 Å². The fraction of sp³-hybridized carbons (Fsp3) is 0.400. The van der Waals surface area contributed by atoms with Crippen molar-refractivity contribution in [1.29, 1.82) is 5.41 Å². The van der Waals surface area contributed by atoms with E-state index < -0.39 is 0 Å². The van der Waals surface area contributed by atoms with E-state index in [-0.39, 0.29) is 5.84 Å². The summed E-state index contributed by atoms with van der Waals surface area (Å²) in [5.74, 6) is 0.849. The number of hydrogen-bond donors (Lipinski definition) is 2. The van der Waals surface area contributed by atoms with Gasteiger partial charge in [-0.05, 0) is 18.1 Å². The van der Waals surface area contributed by atoms with Gasteiger partial charge in [0.05, 0.1) is 12.2 Å². The molecule has 0 aliphatic carbocycles. The first-order valence-corrected chi connectivity index (χ1v) is 4.53. The zero-order chi connectivity index (χ0) is 10.6. The summed E-state index contributed by atoms with van der Waals surface area (Å²) in [6.07, 6.45) is 1.63. The van der Waals surface area contributed by atoms with Crippen molar-refractivity contribution >= 4 is 5.84 Å². The van der Waals surface area contributed by atoms with Crippen molar-refractivity contribution in [2.45, 2.75) is 13.8 Å². The second-order valence-electron chi connectivity index (χ2n) is 3.47. The van der Waals surface area contributed by atoms with Crippen LogP contribution in [0.3, 0.4) is 0 Å². The van der Waals surface area contributed by atoms with E-state index >= 15 is 0 Å². The molecule has 0 aromatic carbocycles. The second-order valence-corrected chi connectivity index (χ2v) is 3.47. The molecule has 4 nitrogen and oxygen atoms in total. The number of ether oxygens (including phenoxy) is 1. The highest BCUT2D eigenvalue weighted by Crippen LogP contribution is 2.13. The average Bonchev–Trinajstić information content (AvgIpc) is 2.15. The number of nitrogens with one attached hydrogen (secondary N) is 1. The van der Waals surface area contributed by atoms with Gasteiger partial charge < -0.3 is 10.5 Å². The number of nitrogens with zero attached hydrogens (tertiary/aromatic N) is 1. The summed E-state index contributed by atoms with van der Waals surface area (Å²) >= 11 is 0. The molecule has 1 rings (SSSR count). The maximum atomic E-state index is 7.32. The lowest BCUT2D eigenvalue weighted by Crippen LogP contribution is -2.15. The molecule has 3 N–H and O–H groups in total. The Hall–Kier alpha value is -1.58. The zero-order valence-corrected chi connectivity index (χ0v) is 8.45. The third-order valence-electron chi connectivity index (χ3n) is 1.61. The predicted molar refractivity (Wildman–Crippen MR) is 55.6 cm³/mol. The third-order valence-corrected chi connectivity index (χ3v) is 1.61. The minimum Gasteiger partial charge on any atom is -0.477 e. The Labute approximate surface area is 83.6 Å². The summed E-state index contributed by atoms with van der Waals surface area (Å²) in [7, 11) is 0. The fourth-order valence-corrected chi connectivity index (χ4v) is 0.956. The van der Waals surface area contributed by atoms with E-state index in [1.807, 2.05) is 0 Å². The standard InChI is InChI=1S/C10H15N3O/c1-7(2)6-14-10-8(9(11)12)4-3-5-13-10/h3-5,7H,6H2,1-2H3,(H3,11,12). The average molecular weight is 193 g/mol. The van der Waals surface area contributed by atoms with Crippen LogP contribution in [0.25, 0.3) is 0 Å². The van der Waals surface area contributed by atoms with Crippen molar-refractivity contribution in [3.63, 3.8) is 0 Å². The monoisotopic (exact) mass is 193 g/mol. The third kappa shape index (κ3) is 2.73. The van der Waals surface area contributed by atoms with Gasteiger partial charge in [0.1, 0.15) is 5.84 Å².